The molecule has 0 saturated carbocycles. The fourth-order valence-corrected chi connectivity index (χ4v) is 0.688. The van der Waals surface area contributed by atoms with Crippen LogP contribution in [0.1, 0.15) is 0 Å². The Morgan fingerprint density at radius 2 is 2.67 bits per heavy atom. The summed E-state index contributed by atoms with van der Waals surface area (Å²) in [6, 6.07) is -0.425. The summed E-state index contributed by atoms with van der Waals surface area (Å²) in [7, 11) is 0. The molecule has 3 nitrogen and oxygen atoms in total. The Morgan fingerprint density at radius 3 is 3.11 bits per heavy atom. The molecule has 0 aliphatic carbocycles. The fourth-order valence-electron chi connectivity index (χ4n) is 0.688. The number of morpholine rings is 1. The average Bonchev–Trinajstić information content (AvgIpc) is 1.88. The zero-order valence-electron chi connectivity index (χ0n) is 4.89. The van der Waals surface area contributed by atoms with Gasteiger partial charge in [0.1, 0.15) is 13.3 Å². The number of ether oxygens (including phenoxy) is 1. The molecule has 0 spiro atoms. The minimum absolute atomic E-state index is 0.0660. The highest BCUT2D eigenvalue weighted by Gasteiger charge is 2.17. The summed E-state index contributed by atoms with van der Waals surface area (Å²) in [5.41, 5.74) is 0. The van der Waals surface area contributed by atoms with Crippen LogP contribution in [-0.2, 0) is 9.53 Å². The third-order valence-corrected chi connectivity index (χ3v) is 1.10. The van der Waals surface area contributed by atoms with Crippen LogP contribution in [0.15, 0.2) is 0 Å². The van der Waals surface area contributed by atoms with Crippen LogP contribution in [0, 0.1) is 0 Å². The van der Waals surface area contributed by atoms with E-state index in [2.05, 4.69) is 5.32 Å². The van der Waals surface area contributed by atoms with E-state index in [4.69, 9.17) is 4.74 Å². The van der Waals surface area contributed by atoms with Crippen molar-refractivity contribution < 1.29 is 13.9 Å². The molecule has 1 amide bonds. The molecule has 0 unspecified atom stereocenters. The molecule has 0 aromatic rings. The zero-order chi connectivity index (χ0) is 6.69. The van der Waals surface area contributed by atoms with E-state index in [1.165, 1.54) is 0 Å². The average molecular weight is 133 g/mol. The van der Waals surface area contributed by atoms with Gasteiger partial charge in [0.2, 0.25) is 5.91 Å². The minimum atomic E-state index is -0.550. The Bertz CT molecular complexity index is 118. The molecule has 1 saturated heterocycles. The second-order valence-electron chi connectivity index (χ2n) is 1.93. The summed E-state index contributed by atoms with van der Waals surface area (Å²) in [5, 5.41) is 2.43. The molecule has 52 valence electrons. The summed E-state index contributed by atoms with van der Waals surface area (Å²) in [4.78, 5) is 10.4. The van der Waals surface area contributed by atoms with Gasteiger partial charge in [-0.3, -0.25) is 4.79 Å². The number of rotatable bonds is 1. The van der Waals surface area contributed by atoms with Crippen molar-refractivity contribution in [3.63, 3.8) is 0 Å². The summed E-state index contributed by atoms with van der Waals surface area (Å²) in [5.74, 6) is -0.232. The van der Waals surface area contributed by atoms with Gasteiger partial charge in [-0.15, -0.1) is 0 Å². The van der Waals surface area contributed by atoms with E-state index in [0.29, 0.717) is 6.61 Å². The molecule has 1 aliphatic rings. The number of amides is 1. The van der Waals surface area contributed by atoms with Crippen LogP contribution >= 0.6 is 0 Å². The maximum Gasteiger partial charge on any atom is 0.246 e. The molecule has 9 heavy (non-hydrogen) atoms. The van der Waals surface area contributed by atoms with E-state index < -0.39 is 12.7 Å². The second-order valence-corrected chi connectivity index (χ2v) is 1.93. The van der Waals surface area contributed by atoms with Crippen LogP contribution in [0.5, 0.6) is 0 Å². The molecule has 0 radical (unpaired) electrons. The molecular formula is C5H8FNO2. The summed E-state index contributed by atoms with van der Waals surface area (Å²) >= 11 is 0. The first-order valence-electron chi connectivity index (χ1n) is 2.76. The molecule has 0 bridgehead atoms. The monoisotopic (exact) mass is 133 g/mol. The first kappa shape index (κ1) is 6.48. The van der Waals surface area contributed by atoms with Crippen molar-refractivity contribution in [3.8, 4) is 0 Å². The van der Waals surface area contributed by atoms with Crippen molar-refractivity contribution in [3.05, 3.63) is 0 Å². The molecule has 4 heteroatoms. The van der Waals surface area contributed by atoms with E-state index in [-0.39, 0.29) is 12.5 Å². The quantitative estimate of drug-likeness (QED) is 0.522. The molecule has 1 heterocycles. The van der Waals surface area contributed by atoms with Gasteiger partial charge in [-0.05, 0) is 0 Å². The highest BCUT2D eigenvalue weighted by atomic mass is 19.1. The lowest BCUT2D eigenvalue weighted by Crippen LogP contribution is -2.46. The highest BCUT2D eigenvalue weighted by Crippen LogP contribution is 1.93. The number of hydrogen-bond acceptors (Lipinski definition) is 2. The maximum absolute atomic E-state index is 11.8. The Kier molecular flexibility index (Phi) is 2.00. The van der Waals surface area contributed by atoms with E-state index in [1.807, 2.05) is 0 Å². The van der Waals surface area contributed by atoms with Gasteiger partial charge in [-0.2, -0.15) is 0 Å². The number of hydrogen-bond donors (Lipinski definition) is 1. The molecular weight excluding hydrogens is 125 g/mol. The molecule has 0 aromatic carbocycles. The van der Waals surface area contributed by atoms with E-state index in [1.54, 1.807) is 0 Å². The van der Waals surface area contributed by atoms with Crippen molar-refractivity contribution in [1.82, 2.24) is 5.32 Å². The zero-order valence-corrected chi connectivity index (χ0v) is 4.89. The summed E-state index contributed by atoms with van der Waals surface area (Å²) < 4.78 is 16.5. The Balaban J connectivity index is 2.32. The summed E-state index contributed by atoms with van der Waals surface area (Å²) in [6.45, 7) is -0.190. The molecule has 1 aliphatic heterocycles. The SMILES string of the molecule is O=C1COC[C@@H](CF)N1. The van der Waals surface area contributed by atoms with Gasteiger partial charge in [0.15, 0.2) is 0 Å². The van der Waals surface area contributed by atoms with Gasteiger partial charge >= 0.3 is 0 Å². The topological polar surface area (TPSA) is 38.3 Å². The van der Waals surface area contributed by atoms with E-state index in [9.17, 15) is 9.18 Å². The first-order chi connectivity index (χ1) is 4.33. The largest absolute Gasteiger partial charge is 0.369 e. The van der Waals surface area contributed by atoms with E-state index in [0.717, 1.165) is 0 Å². The molecule has 1 fully saturated rings. The minimum Gasteiger partial charge on any atom is -0.369 e. The molecule has 0 aromatic heterocycles. The predicted molar refractivity (Wildman–Crippen MR) is 28.7 cm³/mol. The lowest BCUT2D eigenvalue weighted by atomic mass is 10.3. The lowest BCUT2D eigenvalue weighted by molar-refractivity contribution is -0.131. The number of nitrogens with one attached hydrogen (secondary N) is 1. The second kappa shape index (κ2) is 2.77. The Labute approximate surface area is 52.2 Å². The van der Waals surface area contributed by atoms with Crippen LogP contribution in [-0.4, -0.2) is 31.8 Å². The van der Waals surface area contributed by atoms with Gasteiger partial charge in [0, 0.05) is 0 Å². The number of carbonyl (C=O) groups excluding carboxylic acids is 1. The van der Waals surface area contributed by atoms with Gasteiger partial charge in [0.05, 0.1) is 12.6 Å². The van der Waals surface area contributed by atoms with Crippen LogP contribution in [0.2, 0.25) is 0 Å². The Hall–Kier alpha value is -0.640. The maximum atomic E-state index is 11.8. The van der Waals surface area contributed by atoms with Crippen LogP contribution in [0.4, 0.5) is 4.39 Å². The third-order valence-electron chi connectivity index (χ3n) is 1.10. The van der Waals surface area contributed by atoms with Crippen molar-refractivity contribution >= 4 is 5.91 Å². The standard InChI is InChI=1S/C5H8FNO2/c6-1-4-2-9-3-5(8)7-4/h4H,1-3H2,(H,7,8)/t4-/m1/s1. The van der Waals surface area contributed by atoms with Crippen LogP contribution in [0.3, 0.4) is 0 Å². The highest BCUT2D eigenvalue weighted by molar-refractivity contribution is 5.78. The predicted octanol–water partition coefficient (Wildman–Crippen LogP) is -0.529. The van der Waals surface area contributed by atoms with Crippen LogP contribution < -0.4 is 5.32 Å². The van der Waals surface area contributed by atoms with Gasteiger partial charge < -0.3 is 10.1 Å². The van der Waals surface area contributed by atoms with Crippen LogP contribution in [0.25, 0.3) is 0 Å². The smallest absolute Gasteiger partial charge is 0.246 e. The fraction of sp³-hybridized carbons (Fsp3) is 0.800. The molecule has 1 atom stereocenters. The van der Waals surface area contributed by atoms with Gasteiger partial charge in [0.25, 0.3) is 0 Å². The Morgan fingerprint density at radius 1 is 1.89 bits per heavy atom. The number of alkyl halides is 1. The van der Waals surface area contributed by atoms with E-state index >= 15 is 0 Å². The lowest BCUT2D eigenvalue weighted by Gasteiger charge is -2.20. The normalized spacial score (nSPS) is 27.7. The molecule has 1 rings (SSSR count). The first-order valence-corrected chi connectivity index (χ1v) is 2.76. The number of halogens is 1. The summed E-state index contributed by atoms with van der Waals surface area (Å²) in [6.07, 6.45) is 0. The molecule has 1 N–H and O–H groups in total. The van der Waals surface area contributed by atoms with Crippen molar-refractivity contribution in [1.29, 1.82) is 0 Å². The van der Waals surface area contributed by atoms with Crippen molar-refractivity contribution in [2.75, 3.05) is 19.9 Å². The number of carbonyl (C=O) groups is 1. The van der Waals surface area contributed by atoms with Crippen molar-refractivity contribution in [2.45, 2.75) is 6.04 Å². The van der Waals surface area contributed by atoms with Crippen molar-refractivity contribution in [2.24, 2.45) is 0 Å². The third kappa shape index (κ3) is 1.64. The van der Waals surface area contributed by atoms with Gasteiger partial charge in [-0.25, -0.2) is 4.39 Å². The van der Waals surface area contributed by atoms with Gasteiger partial charge in [-0.1, -0.05) is 0 Å².